The summed E-state index contributed by atoms with van der Waals surface area (Å²) in [6, 6.07) is 3.62. The molecule has 0 unspecified atom stereocenters. The molecule has 3 rings (SSSR count). The lowest BCUT2D eigenvalue weighted by Gasteiger charge is -2.28. The first-order chi connectivity index (χ1) is 14.0. The van der Waals surface area contributed by atoms with E-state index in [-0.39, 0.29) is 37.7 Å². The molecule has 1 fully saturated rings. The third-order valence-electron chi connectivity index (χ3n) is 4.97. The van der Waals surface area contributed by atoms with E-state index in [1.807, 2.05) is 0 Å². The maximum atomic E-state index is 12.9. The normalized spacial score (nSPS) is 20.2. The van der Waals surface area contributed by atoms with Crippen LogP contribution in [-0.2, 0) is 16.0 Å². The molecule has 5 nitrogen and oxygen atoms in total. The summed E-state index contributed by atoms with van der Waals surface area (Å²) in [5.74, 6) is -0.874. The van der Waals surface area contributed by atoms with Gasteiger partial charge in [0.15, 0.2) is 15.5 Å². The number of halogens is 5. The molecule has 0 aliphatic heterocycles. The molecule has 0 radical (unpaired) electrons. The predicted octanol–water partition coefficient (Wildman–Crippen LogP) is 5.23. The summed E-state index contributed by atoms with van der Waals surface area (Å²) in [6.07, 6.45) is -2.47. The van der Waals surface area contributed by atoms with Gasteiger partial charge < -0.3 is 5.32 Å². The standard InChI is InChI=1S/C18H17Cl2F3N2O3S2/c19-14-15(25-29-16(14)20)17(26)24-12-6-4-10(5-7-12)9-30(27,28)13-3-1-2-11(8-13)18(21,22)23/h1-3,8,10,12H,4-7,9H2,(H,24,26). The molecule has 1 N–H and O–H groups in total. The van der Waals surface area contributed by atoms with Gasteiger partial charge in [-0.25, -0.2) is 8.42 Å². The molecule has 30 heavy (non-hydrogen) atoms. The summed E-state index contributed by atoms with van der Waals surface area (Å²) in [4.78, 5) is 11.9. The van der Waals surface area contributed by atoms with Gasteiger partial charge in [0.1, 0.15) is 9.36 Å². The molecular weight excluding hydrogens is 484 g/mol. The number of amides is 1. The first kappa shape index (κ1) is 23.3. The Bertz CT molecular complexity index is 1030. The molecule has 0 saturated heterocycles. The van der Waals surface area contributed by atoms with Crippen molar-refractivity contribution >= 4 is 50.5 Å². The zero-order valence-corrected chi connectivity index (χ0v) is 18.5. The Morgan fingerprint density at radius 3 is 2.43 bits per heavy atom. The highest BCUT2D eigenvalue weighted by Gasteiger charge is 2.33. The van der Waals surface area contributed by atoms with Crippen LogP contribution in [0.25, 0.3) is 0 Å². The zero-order chi connectivity index (χ0) is 22.1. The first-order valence-corrected chi connectivity index (χ1v) is 12.2. The largest absolute Gasteiger partial charge is 0.416 e. The van der Waals surface area contributed by atoms with Gasteiger partial charge in [-0.1, -0.05) is 29.3 Å². The van der Waals surface area contributed by atoms with Crippen molar-refractivity contribution in [3.8, 4) is 0 Å². The van der Waals surface area contributed by atoms with E-state index in [4.69, 9.17) is 23.2 Å². The minimum Gasteiger partial charge on any atom is -0.348 e. The smallest absolute Gasteiger partial charge is 0.348 e. The number of nitrogens with zero attached hydrogens (tertiary/aromatic N) is 1. The van der Waals surface area contributed by atoms with E-state index in [1.165, 1.54) is 6.07 Å². The van der Waals surface area contributed by atoms with Crippen molar-refractivity contribution in [2.75, 3.05) is 5.75 Å². The van der Waals surface area contributed by atoms with Gasteiger partial charge in [0.25, 0.3) is 5.91 Å². The molecule has 1 amide bonds. The van der Waals surface area contributed by atoms with Crippen molar-refractivity contribution < 1.29 is 26.4 Å². The lowest BCUT2D eigenvalue weighted by molar-refractivity contribution is -0.137. The van der Waals surface area contributed by atoms with Crippen LogP contribution in [0.15, 0.2) is 29.2 Å². The van der Waals surface area contributed by atoms with E-state index >= 15 is 0 Å². The summed E-state index contributed by atoms with van der Waals surface area (Å²) in [5.41, 5.74) is -0.934. The van der Waals surface area contributed by atoms with E-state index in [1.54, 1.807) is 0 Å². The fraction of sp³-hybridized carbons (Fsp3) is 0.444. The number of hydrogen-bond acceptors (Lipinski definition) is 5. The lowest BCUT2D eigenvalue weighted by Crippen LogP contribution is -2.38. The van der Waals surface area contributed by atoms with Crippen LogP contribution in [0.4, 0.5) is 13.2 Å². The molecule has 0 bridgehead atoms. The molecular formula is C18H17Cl2F3N2O3S2. The van der Waals surface area contributed by atoms with Gasteiger partial charge in [0.2, 0.25) is 0 Å². The molecule has 1 heterocycles. The Morgan fingerprint density at radius 1 is 1.20 bits per heavy atom. The van der Waals surface area contributed by atoms with Crippen LogP contribution < -0.4 is 5.32 Å². The van der Waals surface area contributed by atoms with Crippen molar-refractivity contribution in [3.63, 3.8) is 0 Å². The summed E-state index contributed by atoms with van der Waals surface area (Å²) in [7, 11) is -3.86. The third-order valence-corrected chi connectivity index (χ3v) is 8.46. The lowest BCUT2D eigenvalue weighted by atomic mass is 9.87. The second kappa shape index (κ2) is 9.02. The predicted molar refractivity (Wildman–Crippen MR) is 109 cm³/mol. The van der Waals surface area contributed by atoms with Crippen molar-refractivity contribution in [3.05, 3.63) is 44.9 Å². The summed E-state index contributed by atoms with van der Waals surface area (Å²) in [5, 5.41) is 2.91. The number of carbonyl (C=O) groups excluding carboxylic acids is 1. The number of benzene rings is 1. The monoisotopic (exact) mass is 500 g/mol. The molecule has 1 aromatic carbocycles. The van der Waals surface area contributed by atoms with E-state index in [0.29, 0.717) is 31.7 Å². The fourth-order valence-corrected chi connectivity index (χ4v) is 6.14. The quantitative estimate of drug-likeness (QED) is 0.609. The number of rotatable bonds is 5. The number of sulfone groups is 1. The van der Waals surface area contributed by atoms with Gasteiger partial charge in [0.05, 0.1) is 16.2 Å². The highest BCUT2D eigenvalue weighted by molar-refractivity contribution is 7.91. The van der Waals surface area contributed by atoms with Crippen LogP contribution in [0.1, 0.15) is 41.7 Å². The average Bonchev–Trinajstić information content (AvgIpc) is 3.01. The Balaban J connectivity index is 1.58. The fourth-order valence-electron chi connectivity index (χ4n) is 3.40. The number of aromatic nitrogens is 1. The third kappa shape index (κ3) is 5.46. The van der Waals surface area contributed by atoms with Gasteiger partial charge in [0, 0.05) is 6.04 Å². The maximum Gasteiger partial charge on any atom is 0.416 e. The highest BCUT2D eigenvalue weighted by Crippen LogP contribution is 2.33. The number of carbonyl (C=O) groups is 1. The number of nitrogens with one attached hydrogen (secondary N) is 1. The molecule has 0 atom stereocenters. The van der Waals surface area contributed by atoms with E-state index in [0.717, 1.165) is 23.7 Å². The Morgan fingerprint density at radius 2 is 1.87 bits per heavy atom. The Labute approximate surface area is 185 Å². The van der Waals surface area contributed by atoms with Crippen molar-refractivity contribution in [1.82, 2.24) is 9.69 Å². The topological polar surface area (TPSA) is 76.1 Å². The maximum absolute atomic E-state index is 12.9. The van der Waals surface area contributed by atoms with Crippen LogP contribution >= 0.6 is 34.7 Å². The van der Waals surface area contributed by atoms with Gasteiger partial charge in [-0.05, 0) is 61.3 Å². The molecule has 1 aliphatic rings. The minimum atomic E-state index is -4.60. The summed E-state index contributed by atoms with van der Waals surface area (Å²) in [6.45, 7) is 0. The van der Waals surface area contributed by atoms with Gasteiger partial charge in [-0.3, -0.25) is 4.79 Å². The van der Waals surface area contributed by atoms with Crippen LogP contribution in [0.3, 0.4) is 0 Å². The molecule has 1 saturated carbocycles. The summed E-state index contributed by atoms with van der Waals surface area (Å²) < 4.78 is 67.9. The second-order valence-electron chi connectivity index (χ2n) is 7.12. The van der Waals surface area contributed by atoms with Crippen LogP contribution in [-0.4, -0.2) is 30.5 Å². The molecule has 1 aliphatic carbocycles. The first-order valence-electron chi connectivity index (χ1n) is 8.99. The van der Waals surface area contributed by atoms with Crippen molar-refractivity contribution in [1.29, 1.82) is 0 Å². The van der Waals surface area contributed by atoms with Gasteiger partial charge >= 0.3 is 6.18 Å². The zero-order valence-electron chi connectivity index (χ0n) is 15.4. The summed E-state index contributed by atoms with van der Waals surface area (Å²) >= 11 is 12.7. The van der Waals surface area contributed by atoms with Crippen molar-refractivity contribution in [2.24, 2.45) is 5.92 Å². The molecule has 2 aromatic rings. The van der Waals surface area contributed by atoms with Gasteiger partial charge in [-0.2, -0.15) is 17.5 Å². The minimum absolute atomic E-state index is 0.0564. The number of alkyl halides is 3. The molecule has 1 aromatic heterocycles. The van der Waals surface area contributed by atoms with Gasteiger partial charge in [-0.15, -0.1) is 0 Å². The van der Waals surface area contributed by atoms with Crippen LogP contribution in [0, 0.1) is 5.92 Å². The molecule has 0 spiro atoms. The number of hydrogen-bond donors (Lipinski definition) is 1. The van der Waals surface area contributed by atoms with E-state index in [2.05, 4.69) is 9.69 Å². The Kier molecular flexibility index (Phi) is 7.01. The van der Waals surface area contributed by atoms with E-state index < -0.39 is 27.5 Å². The second-order valence-corrected chi connectivity index (χ2v) is 10.9. The van der Waals surface area contributed by atoms with Crippen molar-refractivity contribution in [2.45, 2.75) is 42.8 Å². The average molecular weight is 501 g/mol. The van der Waals surface area contributed by atoms with Crippen LogP contribution in [0.2, 0.25) is 9.36 Å². The molecule has 12 heteroatoms. The van der Waals surface area contributed by atoms with Crippen LogP contribution in [0.5, 0.6) is 0 Å². The molecule has 164 valence electrons. The Hall–Kier alpha value is -1.36. The van der Waals surface area contributed by atoms with E-state index in [9.17, 15) is 26.4 Å². The SMILES string of the molecule is O=C(NC1CCC(CS(=O)(=O)c2cccc(C(F)(F)F)c2)CC1)c1nsc(Cl)c1Cl. The highest BCUT2D eigenvalue weighted by atomic mass is 35.5.